The quantitative estimate of drug-likeness (QED) is 0.913. The molecule has 1 heterocycles. The number of rotatable bonds is 3. The van der Waals surface area contributed by atoms with E-state index in [1.54, 1.807) is 23.9 Å². The van der Waals surface area contributed by atoms with E-state index in [9.17, 15) is 4.79 Å². The maximum atomic E-state index is 12.1. The van der Waals surface area contributed by atoms with Crippen molar-refractivity contribution < 1.29 is 4.79 Å². The lowest BCUT2D eigenvalue weighted by Crippen LogP contribution is -2.28. The second-order valence-electron chi connectivity index (χ2n) is 4.52. The molecule has 1 atom stereocenters. The molecule has 100 valence electrons. The Hall–Kier alpha value is -1.75. The van der Waals surface area contributed by atoms with E-state index in [4.69, 9.17) is 5.73 Å². The summed E-state index contributed by atoms with van der Waals surface area (Å²) in [5.41, 5.74) is 7.87. The molecular weight excluding hydrogens is 306 g/mol. The van der Waals surface area contributed by atoms with Crippen LogP contribution in [0.15, 0.2) is 41.0 Å². The van der Waals surface area contributed by atoms with E-state index in [0.29, 0.717) is 11.4 Å². The summed E-state index contributed by atoms with van der Waals surface area (Å²) in [5.74, 6) is -0.130. The number of carbonyl (C=O) groups is 1. The molecule has 0 aliphatic heterocycles. The molecule has 1 aromatic heterocycles. The Morgan fingerprint density at radius 1 is 1.37 bits per heavy atom. The van der Waals surface area contributed by atoms with Crippen molar-refractivity contribution >= 4 is 27.5 Å². The number of nitrogens with zero attached hydrogens (tertiary/aromatic N) is 1. The predicted molar refractivity (Wildman–Crippen MR) is 79.8 cm³/mol. The van der Waals surface area contributed by atoms with E-state index in [-0.39, 0.29) is 11.9 Å². The molecule has 19 heavy (non-hydrogen) atoms. The minimum atomic E-state index is -0.130. The molecule has 3 N–H and O–H groups in total. The first-order valence-corrected chi connectivity index (χ1v) is 6.75. The molecule has 1 aromatic carbocycles. The summed E-state index contributed by atoms with van der Waals surface area (Å²) < 4.78 is 2.74. The number of anilines is 1. The van der Waals surface area contributed by atoms with Crippen molar-refractivity contribution in [1.82, 2.24) is 9.88 Å². The van der Waals surface area contributed by atoms with Crippen molar-refractivity contribution in [2.75, 3.05) is 5.73 Å². The molecule has 0 aliphatic rings. The molecule has 0 saturated heterocycles. The second-order valence-corrected chi connectivity index (χ2v) is 5.43. The van der Waals surface area contributed by atoms with Crippen LogP contribution in [-0.2, 0) is 7.05 Å². The van der Waals surface area contributed by atoms with E-state index in [1.165, 1.54) is 0 Å². The normalized spacial score (nSPS) is 12.2. The van der Waals surface area contributed by atoms with Gasteiger partial charge >= 0.3 is 0 Å². The number of hydrogen-bond acceptors (Lipinski definition) is 2. The van der Waals surface area contributed by atoms with Crippen LogP contribution in [0.25, 0.3) is 0 Å². The Balaban J connectivity index is 2.10. The standard InChI is InChI=1S/C14H16BrN3O/c1-9(10-3-5-11(15)6-4-10)17-14(19)13-7-12(16)8-18(13)2/h3-9H,16H2,1-2H3,(H,17,19)/t9-/m1/s1. The number of halogens is 1. The third-order valence-electron chi connectivity index (χ3n) is 2.98. The van der Waals surface area contributed by atoms with Gasteiger partial charge < -0.3 is 15.6 Å². The molecule has 0 radical (unpaired) electrons. The fraction of sp³-hybridized carbons (Fsp3) is 0.214. The van der Waals surface area contributed by atoms with Gasteiger partial charge in [0.25, 0.3) is 5.91 Å². The van der Waals surface area contributed by atoms with Crippen LogP contribution in [0.4, 0.5) is 5.69 Å². The molecule has 0 aliphatic carbocycles. The predicted octanol–water partition coefficient (Wildman–Crippen LogP) is 2.86. The van der Waals surface area contributed by atoms with E-state index in [1.807, 2.05) is 31.2 Å². The van der Waals surface area contributed by atoms with Crippen LogP contribution in [0.1, 0.15) is 29.0 Å². The summed E-state index contributed by atoms with van der Waals surface area (Å²) in [4.78, 5) is 12.1. The maximum Gasteiger partial charge on any atom is 0.268 e. The lowest BCUT2D eigenvalue weighted by atomic mass is 10.1. The van der Waals surface area contributed by atoms with Crippen LogP contribution < -0.4 is 11.1 Å². The Labute approximate surface area is 120 Å². The largest absolute Gasteiger partial charge is 0.397 e. The zero-order chi connectivity index (χ0) is 14.0. The van der Waals surface area contributed by atoms with Crippen molar-refractivity contribution in [2.24, 2.45) is 7.05 Å². The average molecular weight is 322 g/mol. The van der Waals surface area contributed by atoms with Crippen molar-refractivity contribution in [1.29, 1.82) is 0 Å². The van der Waals surface area contributed by atoms with Crippen LogP contribution in [-0.4, -0.2) is 10.5 Å². The number of aromatic nitrogens is 1. The zero-order valence-corrected chi connectivity index (χ0v) is 12.4. The number of hydrogen-bond donors (Lipinski definition) is 2. The van der Waals surface area contributed by atoms with E-state index in [0.717, 1.165) is 10.0 Å². The zero-order valence-electron chi connectivity index (χ0n) is 10.9. The number of amides is 1. The summed E-state index contributed by atoms with van der Waals surface area (Å²) in [6, 6.07) is 9.49. The van der Waals surface area contributed by atoms with E-state index < -0.39 is 0 Å². The molecule has 4 nitrogen and oxygen atoms in total. The molecule has 0 saturated carbocycles. The van der Waals surface area contributed by atoms with Gasteiger partial charge in [0.15, 0.2) is 0 Å². The van der Waals surface area contributed by atoms with Crippen LogP contribution in [0.5, 0.6) is 0 Å². The molecule has 0 unspecified atom stereocenters. The number of benzene rings is 1. The molecule has 2 aromatic rings. The summed E-state index contributed by atoms with van der Waals surface area (Å²) in [7, 11) is 1.80. The van der Waals surface area contributed by atoms with Crippen molar-refractivity contribution in [3.63, 3.8) is 0 Å². The minimum Gasteiger partial charge on any atom is -0.397 e. The number of nitrogens with two attached hydrogens (primary N) is 1. The fourth-order valence-corrected chi connectivity index (χ4v) is 2.19. The first-order valence-electron chi connectivity index (χ1n) is 5.95. The van der Waals surface area contributed by atoms with Crippen molar-refractivity contribution in [3.05, 3.63) is 52.3 Å². The first-order chi connectivity index (χ1) is 8.97. The SMILES string of the molecule is C[C@@H](NC(=O)c1cc(N)cn1C)c1ccc(Br)cc1. The molecular formula is C14H16BrN3O. The number of nitrogen functional groups attached to an aromatic ring is 1. The van der Waals surface area contributed by atoms with Gasteiger partial charge in [-0.1, -0.05) is 28.1 Å². The first kappa shape index (κ1) is 13.7. The molecule has 5 heteroatoms. The van der Waals surface area contributed by atoms with E-state index >= 15 is 0 Å². The molecule has 0 spiro atoms. The molecule has 0 bridgehead atoms. The number of carbonyl (C=O) groups excluding carboxylic acids is 1. The van der Waals surface area contributed by atoms with Gasteiger partial charge in [0.2, 0.25) is 0 Å². The Morgan fingerprint density at radius 3 is 2.53 bits per heavy atom. The summed E-state index contributed by atoms with van der Waals surface area (Å²) in [5, 5.41) is 2.96. The third-order valence-corrected chi connectivity index (χ3v) is 3.51. The Morgan fingerprint density at radius 2 is 2.00 bits per heavy atom. The van der Waals surface area contributed by atoms with Gasteiger partial charge in [0.05, 0.1) is 11.7 Å². The Kier molecular flexibility index (Phi) is 3.95. The van der Waals surface area contributed by atoms with Gasteiger partial charge in [-0.25, -0.2) is 0 Å². The fourth-order valence-electron chi connectivity index (χ4n) is 1.92. The highest BCUT2D eigenvalue weighted by Crippen LogP contribution is 2.17. The second kappa shape index (κ2) is 5.48. The van der Waals surface area contributed by atoms with Crippen molar-refractivity contribution in [3.8, 4) is 0 Å². The number of aryl methyl sites for hydroxylation is 1. The van der Waals surface area contributed by atoms with Gasteiger partial charge in [-0.2, -0.15) is 0 Å². The molecule has 1 amide bonds. The lowest BCUT2D eigenvalue weighted by Gasteiger charge is -2.14. The highest BCUT2D eigenvalue weighted by atomic mass is 79.9. The summed E-state index contributed by atoms with van der Waals surface area (Å²) in [6.45, 7) is 1.95. The molecule has 2 rings (SSSR count). The minimum absolute atomic E-state index is 0.0586. The Bertz CT molecular complexity index is 589. The highest BCUT2D eigenvalue weighted by molar-refractivity contribution is 9.10. The van der Waals surface area contributed by atoms with Gasteiger partial charge in [-0.3, -0.25) is 4.79 Å². The highest BCUT2D eigenvalue weighted by Gasteiger charge is 2.14. The van der Waals surface area contributed by atoms with Crippen LogP contribution in [0, 0.1) is 0 Å². The van der Waals surface area contributed by atoms with Crippen molar-refractivity contribution in [2.45, 2.75) is 13.0 Å². The van der Waals surface area contributed by atoms with E-state index in [2.05, 4.69) is 21.2 Å². The monoisotopic (exact) mass is 321 g/mol. The molecule has 0 fully saturated rings. The summed E-state index contributed by atoms with van der Waals surface area (Å²) in [6.07, 6.45) is 1.72. The van der Waals surface area contributed by atoms with Crippen LogP contribution >= 0.6 is 15.9 Å². The smallest absolute Gasteiger partial charge is 0.268 e. The maximum absolute atomic E-state index is 12.1. The van der Waals surface area contributed by atoms with Gasteiger partial charge in [0, 0.05) is 17.7 Å². The van der Waals surface area contributed by atoms with Crippen LogP contribution in [0.2, 0.25) is 0 Å². The third kappa shape index (κ3) is 3.17. The van der Waals surface area contributed by atoms with Gasteiger partial charge in [0.1, 0.15) is 5.69 Å². The summed E-state index contributed by atoms with van der Waals surface area (Å²) >= 11 is 3.39. The van der Waals surface area contributed by atoms with Gasteiger partial charge in [-0.05, 0) is 30.7 Å². The topological polar surface area (TPSA) is 60.1 Å². The average Bonchev–Trinajstić information content (AvgIpc) is 2.69. The van der Waals surface area contributed by atoms with Gasteiger partial charge in [-0.15, -0.1) is 0 Å². The van der Waals surface area contributed by atoms with Crippen LogP contribution in [0.3, 0.4) is 0 Å². The number of nitrogens with one attached hydrogen (secondary N) is 1. The lowest BCUT2D eigenvalue weighted by molar-refractivity contribution is 0.0931.